The van der Waals surface area contributed by atoms with Crippen molar-refractivity contribution in [2.24, 2.45) is 5.41 Å². The summed E-state index contributed by atoms with van der Waals surface area (Å²) in [5, 5.41) is 3.46. The standard InChI is InChI=1S/C16H24N2OS/c1-11-6-7-13(20-11)14-17-12(2)15(19)18(14)10-16(3)8-4-5-9-16/h6-7,12,14,17H,4-5,8-10H2,1-3H3. The van der Waals surface area contributed by atoms with E-state index in [1.807, 2.05) is 6.92 Å². The molecular formula is C16H24N2OS. The van der Waals surface area contributed by atoms with Crippen molar-refractivity contribution in [1.82, 2.24) is 10.2 Å². The van der Waals surface area contributed by atoms with Gasteiger partial charge in [-0.3, -0.25) is 10.1 Å². The van der Waals surface area contributed by atoms with Crippen molar-refractivity contribution in [3.8, 4) is 0 Å². The lowest BCUT2D eigenvalue weighted by atomic mass is 9.88. The average Bonchev–Trinajstić information content (AvgIpc) is 3.07. The second kappa shape index (κ2) is 5.15. The van der Waals surface area contributed by atoms with Crippen LogP contribution in [-0.2, 0) is 4.79 Å². The first-order valence-electron chi connectivity index (χ1n) is 7.61. The first-order valence-corrected chi connectivity index (χ1v) is 8.43. The first kappa shape index (κ1) is 14.1. The number of thiophene rings is 1. The predicted molar refractivity (Wildman–Crippen MR) is 82.7 cm³/mol. The highest BCUT2D eigenvalue weighted by Gasteiger charge is 2.42. The fourth-order valence-corrected chi connectivity index (χ4v) is 4.53. The van der Waals surface area contributed by atoms with Gasteiger partial charge in [0, 0.05) is 16.3 Å². The van der Waals surface area contributed by atoms with Crippen molar-refractivity contribution < 1.29 is 4.79 Å². The van der Waals surface area contributed by atoms with Crippen LogP contribution < -0.4 is 5.32 Å². The fraction of sp³-hybridized carbons (Fsp3) is 0.688. The number of hydrogen-bond donors (Lipinski definition) is 1. The number of hydrogen-bond acceptors (Lipinski definition) is 3. The molecule has 3 rings (SSSR count). The lowest BCUT2D eigenvalue weighted by Gasteiger charge is -2.33. The summed E-state index contributed by atoms with van der Waals surface area (Å²) in [5.74, 6) is 0.258. The van der Waals surface area contributed by atoms with Crippen LogP contribution in [0.25, 0.3) is 0 Å². The molecule has 1 saturated heterocycles. The van der Waals surface area contributed by atoms with Crippen molar-refractivity contribution in [2.45, 2.75) is 58.7 Å². The molecule has 2 heterocycles. The number of carbonyl (C=O) groups is 1. The Kier molecular flexibility index (Phi) is 3.63. The summed E-state index contributed by atoms with van der Waals surface area (Å²) >= 11 is 1.79. The van der Waals surface area contributed by atoms with Gasteiger partial charge in [-0.15, -0.1) is 11.3 Å². The first-order chi connectivity index (χ1) is 9.48. The van der Waals surface area contributed by atoms with Crippen LogP contribution in [0.3, 0.4) is 0 Å². The zero-order valence-corrected chi connectivity index (χ0v) is 13.4. The van der Waals surface area contributed by atoms with Gasteiger partial charge < -0.3 is 4.90 Å². The molecule has 1 N–H and O–H groups in total. The lowest BCUT2D eigenvalue weighted by molar-refractivity contribution is -0.131. The molecule has 0 radical (unpaired) electrons. The maximum absolute atomic E-state index is 12.5. The van der Waals surface area contributed by atoms with E-state index in [1.165, 1.54) is 35.4 Å². The molecule has 0 bridgehead atoms. The number of rotatable bonds is 3. The predicted octanol–water partition coefficient (Wildman–Crippen LogP) is 3.46. The maximum Gasteiger partial charge on any atom is 0.241 e. The molecule has 4 heteroatoms. The van der Waals surface area contributed by atoms with Gasteiger partial charge in [0.1, 0.15) is 6.17 Å². The number of nitrogens with zero attached hydrogens (tertiary/aromatic N) is 1. The Morgan fingerprint density at radius 1 is 1.40 bits per heavy atom. The van der Waals surface area contributed by atoms with E-state index < -0.39 is 0 Å². The minimum Gasteiger partial charge on any atom is -0.320 e. The molecule has 2 aliphatic rings. The normalized spacial score (nSPS) is 29.4. The largest absolute Gasteiger partial charge is 0.320 e. The molecule has 2 fully saturated rings. The summed E-state index contributed by atoms with van der Waals surface area (Å²) in [6, 6.07) is 4.24. The average molecular weight is 292 g/mol. The summed E-state index contributed by atoms with van der Waals surface area (Å²) in [7, 11) is 0. The third-order valence-corrected chi connectivity index (χ3v) is 5.82. The van der Waals surface area contributed by atoms with Gasteiger partial charge in [0.05, 0.1) is 6.04 Å². The van der Waals surface area contributed by atoms with Gasteiger partial charge >= 0.3 is 0 Å². The molecule has 1 amide bonds. The van der Waals surface area contributed by atoms with Crippen LogP contribution in [0.2, 0.25) is 0 Å². The zero-order chi connectivity index (χ0) is 14.3. The SMILES string of the molecule is Cc1ccc(C2NC(C)C(=O)N2CC2(C)CCCC2)s1. The summed E-state index contributed by atoms with van der Waals surface area (Å²) < 4.78 is 0. The fourth-order valence-electron chi connectivity index (χ4n) is 3.58. The van der Waals surface area contributed by atoms with E-state index in [2.05, 4.69) is 36.2 Å². The maximum atomic E-state index is 12.5. The highest BCUT2D eigenvalue weighted by molar-refractivity contribution is 7.12. The van der Waals surface area contributed by atoms with E-state index in [0.29, 0.717) is 5.41 Å². The molecule has 1 aliphatic heterocycles. The minimum absolute atomic E-state index is 0.0626. The quantitative estimate of drug-likeness (QED) is 0.925. The van der Waals surface area contributed by atoms with Gasteiger partial charge in [-0.2, -0.15) is 0 Å². The molecule has 110 valence electrons. The Labute approximate surface area is 125 Å². The summed E-state index contributed by atoms with van der Waals surface area (Å²) in [4.78, 5) is 17.2. The Morgan fingerprint density at radius 3 is 2.70 bits per heavy atom. The van der Waals surface area contributed by atoms with Gasteiger partial charge in [-0.1, -0.05) is 19.8 Å². The summed E-state index contributed by atoms with van der Waals surface area (Å²) in [6.07, 6.45) is 5.20. The minimum atomic E-state index is -0.0626. The molecular weight excluding hydrogens is 268 g/mol. The van der Waals surface area contributed by atoms with Crippen LogP contribution in [0.4, 0.5) is 0 Å². The second-order valence-corrected chi connectivity index (χ2v) is 8.04. The molecule has 3 nitrogen and oxygen atoms in total. The van der Waals surface area contributed by atoms with Crippen LogP contribution in [0.1, 0.15) is 55.5 Å². The number of aryl methyl sites for hydroxylation is 1. The van der Waals surface area contributed by atoms with Crippen LogP contribution >= 0.6 is 11.3 Å². The monoisotopic (exact) mass is 292 g/mol. The molecule has 1 aromatic heterocycles. The highest BCUT2D eigenvalue weighted by Crippen LogP contribution is 2.41. The van der Waals surface area contributed by atoms with Crippen molar-refractivity contribution in [2.75, 3.05) is 6.54 Å². The smallest absolute Gasteiger partial charge is 0.241 e. The Bertz CT molecular complexity index is 504. The van der Waals surface area contributed by atoms with Gasteiger partial charge in [-0.25, -0.2) is 0 Å². The van der Waals surface area contributed by atoms with Crippen molar-refractivity contribution in [1.29, 1.82) is 0 Å². The van der Waals surface area contributed by atoms with E-state index in [9.17, 15) is 4.79 Å². The van der Waals surface area contributed by atoms with E-state index in [0.717, 1.165) is 6.54 Å². The molecule has 0 spiro atoms. The highest BCUT2D eigenvalue weighted by atomic mass is 32.1. The summed E-state index contributed by atoms with van der Waals surface area (Å²) in [6.45, 7) is 7.33. The van der Waals surface area contributed by atoms with Crippen molar-refractivity contribution in [3.63, 3.8) is 0 Å². The van der Waals surface area contributed by atoms with Crippen LogP contribution in [0, 0.1) is 12.3 Å². The van der Waals surface area contributed by atoms with E-state index >= 15 is 0 Å². The third kappa shape index (κ3) is 2.51. The molecule has 1 aromatic rings. The van der Waals surface area contributed by atoms with E-state index in [4.69, 9.17) is 0 Å². The molecule has 1 saturated carbocycles. The number of nitrogens with one attached hydrogen (secondary N) is 1. The van der Waals surface area contributed by atoms with Crippen LogP contribution in [0.5, 0.6) is 0 Å². The topological polar surface area (TPSA) is 32.3 Å². The van der Waals surface area contributed by atoms with Gasteiger partial charge in [0.25, 0.3) is 0 Å². The van der Waals surface area contributed by atoms with Crippen LogP contribution in [0.15, 0.2) is 12.1 Å². The van der Waals surface area contributed by atoms with Crippen LogP contribution in [-0.4, -0.2) is 23.4 Å². The van der Waals surface area contributed by atoms with E-state index in [-0.39, 0.29) is 18.1 Å². The Balaban J connectivity index is 1.83. The lowest BCUT2D eigenvalue weighted by Crippen LogP contribution is -2.38. The van der Waals surface area contributed by atoms with E-state index in [1.54, 1.807) is 11.3 Å². The Morgan fingerprint density at radius 2 is 2.10 bits per heavy atom. The van der Waals surface area contributed by atoms with Crippen molar-refractivity contribution >= 4 is 17.2 Å². The van der Waals surface area contributed by atoms with Gasteiger partial charge in [-0.05, 0) is 44.2 Å². The third-order valence-electron chi connectivity index (χ3n) is 4.77. The van der Waals surface area contributed by atoms with Gasteiger partial charge in [0.2, 0.25) is 5.91 Å². The molecule has 1 aliphatic carbocycles. The number of amides is 1. The molecule has 0 aromatic carbocycles. The molecule has 20 heavy (non-hydrogen) atoms. The van der Waals surface area contributed by atoms with Crippen molar-refractivity contribution in [3.05, 3.63) is 21.9 Å². The zero-order valence-electron chi connectivity index (χ0n) is 12.6. The molecule has 2 unspecified atom stereocenters. The second-order valence-electron chi connectivity index (χ2n) is 6.72. The molecule has 2 atom stereocenters. The van der Waals surface area contributed by atoms with Gasteiger partial charge in [0.15, 0.2) is 0 Å². The summed E-state index contributed by atoms with van der Waals surface area (Å²) in [5.41, 5.74) is 0.311. The Hall–Kier alpha value is -0.870. The number of carbonyl (C=O) groups excluding carboxylic acids is 1.